The zero-order valence-electron chi connectivity index (χ0n) is 12.9. The third-order valence-electron chi connectivity index (χ3n) is 3.17. The number of carboxylic acid groups (broad SMARTS) is 1. The largest absolute Gasteiger partial charge is 0.480 e. The van der Waals surface area contributed by atoms with Gasteiger partial charge in [0.2, 0.25) is 5.91 Å². The molecule has 0 spiro atoms. The molecule has 1 aromatic rings. The number of amides is 2. The first-order valence-electron chi connectivity index (χ1n) is 6.93. The van der Waals surface area contributed by atoms with E-state index in [0.29, 0.717) is 0 Å². The molecule has 0 saturated heterocycles. The monoisotopic (exact) mass is 360 g/mol. The van der Waals surface area contributed by atoms with E-state index in [1.165, 1.54) is 19.1 Å². The van der Waals surface area contributed by atoms with Crippen molar-refractivity contribution >= 4 is 41.0 Å². The molecule has 0 aromatic heterocycles. The van der Waals surface area contributed by atoms with Gasteiger partial charge in [0.25, 0.3) is 5.91 Å². The van der Waals surface area contributed by atoms with Crippen LogP contribution in [-0.4, -0.2) is 35.0 Å². The molecule has 0 saturated carbocycles. The number of hydrogen-bond acceptors (Lipinski definition) is 3. The highest BCUT2D eigenvalue weighted by molar-refractivity contribution is 6.43. The Morgan fingerprint density at radius 3 is 2.22 bits per heavy atom. The Bertz CT molecular complexity index is 619. The minimum absolute atomic E-state index is 0.0878. The SMILES string of the molecule is CC(NC(=O)c1cccc(Cl)c1Cl)C(=O)N[C@@H](C(=O)O)C(C)C. The Morgan fingerprint density at radius 2 is 1.70 bits per heavy atom. The van der Waals surface area contributed by atoms with Crippen LogP contribution in [-0.2, 0) is 9.59 Å². The van der Waals surface area contributed by atoms with E-state index in [9.17, 15) is 14.4 Å². The van der Waals surface area contributed by atoms with Crippen LogP contribution in [0.15, 0.2) is 18.2 Å². The Morgan fingerprint density at radius 1 is 1.09 bits per heavy atom. The Kier molecular flexibility index (Phi) is 6.84. The molecule has 0 radical (unpaired) electrons. The van der Waals surface area contributed by atoms with Gasteiger partial charge in [-0.05, 0) is 25.0 Å². The first kappa shape index (κ1) is 19.3. The van der Waals surface area contributed by atoms with Crippen molar-refractivity contribution in [3.8, 4) is 0 Å². The highest BCUT2D eigenvalue weighted by Gasteiger charge is 2.26. The summed E-state index contributed by atoms with van der Waals surface area (Å²) in [7, 11) is 0. The van der Waals surface area contributed by atoms with Crippen LogP contribution in [0.3, 0.4) is 0 Å². The lowest BCUT2D eigenvalue weighted by atomic mass is 10.0. The van der Waals surface area contributed by atoms with Crippen LogP contribution in [0.5, 0.6) is 0 Å². The average Bonchev–Trinajstić information content (AvgIpc) is 2.46. The van der Waals surface area contributed by atoms with Gasteiger partial charge >= 0.3 is 5.97 Å². The zero-order chi connectivity index (χ0) is 17.7. The topological polar surface area (TPSA) is 95.5 Å². The summed E-state index contributed by atoms with van der Waals surface area (Å²) in [5.41, 5.74) is 0.137. The fraction of sp³-hybridized carbons (Fsp3) is 0.400. The average molecular weight is 361 g/mol. The summed E-state index contributed by atoms with van der Waals surface area (Å²) in [6.07, 6.45) is 0. The number of carbonyl (C=O) groups excluding carboxylic acids is 2. The molecule has 0 aliphatic carbocycles. The summed E-state index contributed by atoms with van der Waals surface area (Å²) < 4.78 is 0. The van der Waals surface area contributed by atoms with Crippen molar-refractivity contribution < 1.29 is 19.5 Å². The van der Waals surface area contributed by atoms with Crippen LogP contribution in [0.4, 0.5) is 0 Å². The van der Waals surface area contributed by atoms with Gasteiger partial charge in [-0.25, -0.2) is 4.79 Å². The van der Waals surface area contributed by atoms with Crippen LogP contribution < -0.4 is 10.6 Å². The van der Waals surface area contributed by atoms with Crippen molar-refractivity contribution in [2.45, 2.75) is 32.9 Å². The lowest BCUT2D eigenvalue weighted by molar-refractivity contribution is -0.143. The van der Waals surface area contributed by atoms with Crippen LogP contribution in [0.1, 0.15) is 31.1 Å². The van der Waals surface area contributed by atoms with E-state index in [2.05, 4.69) is 10.6 Å². The molecule has 2 amide bonds. The summed E-state index contributed by atoms with van der Waals surface area (Å²) in [4.78, 5) is 35.3. The van der Waals surface area contributed by atoms with Gasteiger partial charge < -0.3 is 15.7 Å². The van der Waals surface area contributed by atoms with Crippen molar-refractivity contribution in [3.05, 3.63) is 33.8 Å². The van der Waals surface area contributed by atoms with Gasteiger partial charge in [0.05, 0.1) is 15.6 Å². The second-order valence-electron chi connectivity index (χ2n) is 5.37. The summed E-state index contributed by atoms with van der Waals surface area (Å²) in [5, 5.41) is 14.2. The van der Waals surface area contributed by atoms with Crippen molar-refractivity contribution in [1.82, 2.24) is 10.6 Å². The maximum absolute atomic E-state index is 12.1. The van der Waals surface area contributed by atoms with E-state index < -0.39 is 29.9 Å². The fourth-order valence-corrected chi connectivity index (χ4v) is 2.20. The molecule has 2 atom stereocenters. The predicted octanol–water partition coefficient (Wildman–Crippen LogP) is 2.34. The highest BCUT2D eigenvalue weighted by atomic mass is 35.5. The number of halogens is 2. The van der Waals surface area contributed by atoms with Crippen LogP contribution in [0.25, 0.3) is 0 Å². The zero-order valence-corrected chi connectivity index (χ0v) is 14.4. The molecule has 8 heteroatoms. The molecule has 0 bridgehead atoms. The predicted molar refractivity (Wildman–Crippen MR) is 87.8 cm³/mol. The van der Waals surface area contributed by atoms with Gasteiger partial charge in [-0.3, -0.25) is 9.59 Å². The van der Waals surface area contributed by atoms with Gasteiger partial charge in [0.1, 0.15) is 12.1 Å². The van der Waals surface area contributed by atoms with E-state index in [1.807, 2.05) is 0 Å². The molecule has 1 rings (SSSR count). The maximum Gasteiger partial charge on any atom is 0.326 e. The third kappa shape index (κ3) is 5.11. The first-order chi connectivity index (χ1) is 10.6. The molecule has 0 heterocycles. The summed E-state index contributed by atoms with van der Waals surface area (Å²) >= 11 is 11.8. The maximum atomic E-state index is 12.1. The number of nitrogens with one attached hydrogen (secondary N) is 2. The lowest BCUT2D eigenvalue weighted by Gasteiger charge is -2.21. The van der Waals surface area contributed by atoms with Gasteiger partial charge in [-0.2, -0.15) is 0 Å². The van der Waals surface area contributed by atoms with E-state index in [4.69, 9.17) is 28.3 Å². The molecule has 0 aliphatic heterocycles. The molecule has 1 aromatic carbocycles. The van der Waals surface area contributed by atoms with Crippen molar-refractivity contribution in [2.75, 3.05) is 0 Å². The van der Waals surface area contributed by atoms with Gasteiger partial charge in [0, 0.05) is 0 Å². The highest BCUT2D eigenvalue weighted by Crippen LogP contribution is 2.25. The number of benzene rings is 1. The minimum atomic E-state index is -1.13. The second-order valence-corrected chi connectivity index (χ2v) is 6.15. The lowest BCUT2D eigenvalue weighted by Crippen LogP contribution is -2.52. The molecule has 0 fully saturated rings. The van der Waals surface area contributed by atoms with E-state index >= 15 is 0 Å². The summed E-state index contributed by atoms with van der Waals surface area (Å²) in [6, 6.07) is 2.61. The summed E-state index contributed by atoms with van der Waals surface area (Å²) in [6.45, 7) is 4.80. The standard InChI is InChI=1S/C15H18Cl2N2O4/c1-7(2)12(15(22)23)19-13(20)8(3)18-14(21)9-5-4-6-10(16)11(9)17/h4-8,12H,1-3H3,(H,18,21)(H,19,20)(H,22,23)/t8?,12-/m1/s1. The third-order valence-corrected chi connectivity index (χ3v) is 3.99. The van der Waals surface area contributed by atoms with E-state index in [1.54, 1.807) is 19.9 Å². The Labute approximate surface area is 144 Å². The van der Waals surface area contributed by atoms with Gasteiger partial charge in [-0.15, -0.1) is 0 Å². The smallest absolute Gasteiger partial charge is 0.326 e. The van der Waals surface area contributed by atoms with E-state index in [0.717, 1.165) is 0 Å². The number of carboxylic acids is 1. The van der Waals surface area contributed by atoms with Crippen LogP contribution >= 0.6 is 23.2 Å². The quantitative estimate of drug-likeness (QED) is 0.725. The number of aliphatic carboxylic acids is 1. The molecule has 3 N–H and O–H groups in total. The summed E-state index contributed by atoms with van der Waals surface area (Å²) in [5.74, 6) is -2.60. The molecule has 6 nitrogen and oxygen atoms in total. The second kappa shape index (κ2) is 8.17. The van der Waals surface area contributed by atoms with E-state index in [-0.39, 0.29) is 21.5 Å². The fourth-order valence-electron chi connectivity index (χ4n) is 1.81. The Hall–Kier alpha value is -1.79. The molecule has 126 valence electrons. The molecule has 1 unspecified atom stereocenters. The number of hydrogen-bond donors (Lipinski definition) is 3. The first-order valence-corrected chi connectivity index (χ1v) is 7.68. The van der Waals surface area contributed by atoms with Gasteiger partial charge in [0.15, 0.2) is 0 Å². The van der Waals surface area contributed by atoms with Crippen molar-refractivity contribution in [1.29, 1.82) is 0 Å². The Balaban J connectivity index is 2.76. The molecular formula is C15H18Cl2N2O4. The van der Waals surface area contributed by atoms with Crippen molar-refractivity contribution in [2.24, 2.45) is 5.92 Å². The molecule has 23 heavy (non-hydrogen) atoms. The van der Waals surface area contributed by atoms with Crippen LogP contribution in [0.2, 0.25) is 10.0 Å². The van der Waals surface area contributed by atoms with Gasteiger partial charge in [-0.1, -0.05) is 43.1 Å². The molecule has 0 aliphatic rings. The number of carbonyl (C=O) groups is 3. The van der Waals surface area contributed by atoms with Crippen molar-refractivity contribution in [3.63, 3.8) is 0 Å². The molecular weight excluding hydrogens is 343 g/mol. The number of rotatable bonds is 6. The normalized spacial score (nSPS) is 13.3. The minimum Gasteiger partial charge on any atom is -0.480 e. The van der Waals surface area contributed by atoms with Crippen LogP contribution in [0, 0.1) is 5.92 Å².